The van der Waals surface area contributed by atoms with Crippen molar-refractivity contribution < 1.29 is 9.90 Å². The van der Waals surface area contributed by atoms with Gasteiger partial charge in [0, 0.05) is 16.2 Å². The highest BCUT2D eigenvalue weighted by molar-refractivity contribution is 7.99. The molecule has 2 nitrogen and oxygen atoms in total. The molecule has 0 heterocycles. The predicted octanol–water partition coefficient (Wildman–Crippen LogP) is 3.15. The maximum absolute atomic E-state index is 10.5. The quantitative estimate of drug-likeness (QED) is 0.805. The average molecular weight is 242 g/mol. The number of hydrogen-bond donors (Lipinski definition) is 1. The van der Waals surface area contributed by atoms with E-state index in [1.165, 1.54) is 9.79 Å². The predicted molar refractivity (Wildman–Crippen MR) is 66.0 cm³/mol. The zero-order valence-electron chi connectivity index (χ0n) is 8.82. The van der Waals surface area contributed by atoms with Crippen LogP contribution < -0.4 is 0 Å². The third-order valence-electron chi connectivity index (χ3n) is 2.10. The van der Waals surface area contributed by atoms with E-state index in [9.17, 15) is 4.79 Å². The first-order valence-electron chi connectivity index (χ1n) is 4.60. The second kappa shape index (κ2) is 6.08. The van der Waals surface area contributed by atoms with E-state index in [1.807, 2.05) is 12.5 Å². The summed E-state index contributed by atoms with van der Waals surface area (Å²) in [6.07, 6.45) is 4.85. The molecule has 0 spiro atoms. The van der Waals surface area contributed by atoms with E-state index >= 15 is 0 Å². The number of carboxylic acid groups (broad SMARTS) is 1. The Labute approximate surface area is 98.5 Å². The zero-order valence-corrected chi connectivity index (χ0v) is 10.5. The van der Waals surface area contributed by atoms with Crippen molar-refractivity contribution in [3.05, 3.63) is 23.8 Å². The SMILES string of the molecule is CSc1ccc(SC)c(CCC(=O)O)c1. The van der Waals surface area contributed by atoms with Gasteiger partial charge < -0.3 is 5.11 Å². The van der Waals surface area contributed by atoms with Crippen LogP contribution in [0.1, 0.15) is 12.0 Å². The molecule has 0 saturated heterocycles. The molecule has 1 aromatic rings. The molecule has 0 aliphatic carbocycles. The maximum Gasteiger partial charge on any atom is 0.303 e. The fourth-order valence-corrected chi connectivity index (χ4v) is 2.41. The number of thioether (sulfide) groups is 2. The monoisotopic (exact) mass is 242 g/mol. The Morgan fingerprint density at radius 3 is 2.60 bits per heavy atom. The van der Waals surface area contributed by atoms with Crippen molar-refractivity contribution in [1.82, 2.24) is 0 Å². The molecule has 0 unspecified atom stereocenters. The highest BCUT2D eigenvalue weighted by atomic mass is 32.2. The summed E-state index contributed by atoms with van der Waals surface area (Å²) in [6, 6.07) is 6.22. The van der Waals surface area contributed by atoms with Crippen LogP contribution in [0.4, 0.5) is 0 Å². The van der Waals surface area contributed by atoms with E-state index in [2.05, 4.69) is 18.2 Å². The normalized spacial score (nSPS) is 10.3. The second-order valence-electron chi connectivity index (χ2n) is 3.07. The lowest BCUT2D eigenvalue weighted by molar-refractivity contribution is -0.136. The van der Waals surface area contributed by atoms with Crippen molar-refractivity contribution in [2.45, 2.75) is 22.6 Å². The van der Waals surface area contributed by atoms with Crippen LogP contribution in [0.3, 0.4) is 0 Å². The standard InChI is InChI=1S/C11H14O2S2/c1-14-9-4-5-10(15-2)8(7-9)3-6-11(12)13/h4-5,7H,3,6H2,1-2H3,(H,12,13). The van der Waals surface area contributed by atoms with Gasteiger partial charge in [0.15, 0.2) is 0 Å². The summed E-state index contributed by atoms with van der Waals surface area (Å²) in [5, 5.41) is 8.65. The van der Waals surface area contributed by atoms with Gasteiger partial charge in [-0.25, -0.2) is 0 Å². The summed E-state index contributed by atoms with van der Waals surface area (Å²) >= 11 is 3.34. The molecule has 15 heavy (non-hydrogen) atoms. The first kappa shape index (κ1) is 12.5. The van der Waals surface area contributed by atoms with E-state index in [-0.39, 0.29) is 6.42 Å². The minimum Gasteiger partial charge on any atom is -0.481 e. The van der Waals surface area contributed by atoms with Crippen molar-refractivity contribution in [1.29, 1.82) is 0 Å². The first-order chi connectivity index (χ1) is 7.17. The van der Waals surface area contributed by atoms with Gasteiger partial charge in [-0.15, -0.1) is 23.5 Å². The van der Waals surface area contributed by atoms with Crippen LogP contribution in [0.25, 0.3) is 0 Å². The molecular formula is C11H14O2S2. The lowest BCUT2D eigenvalue weighted by Gasteiger charge is -2.07. The average Bonchev–Trinajstić information content (AvgIpc) is 2.25. The number of aliphatic carboxylic acids is 1. The Bertz CT molecular complexity index is 350. The molecule has 1 rings (SSSR count). The van der Waals surface area contributed by atoms with Gasteiger partial charge in [0.25, 0.3) is 0 Å². The summed E-state index contributed by atoms with van der Waals surface area (Å²) in [5.41, 5.74) is 1.14. The summed E-state index contributed by atoms with van der Waals surface area (Å²) in [7, 11) is 0. The van der Waals surface area contributed by atoms with Gasteiger partial charge in [-0.2, -0.15) is 0 Å². The Balaban J connectivity index is 2.85. The van der Waals surface area contributed by atoms with Crippen LogP contribution in [0, 0.1) is 0 Å². The highest BCUT2D eigenvalue weighted by Gasteiger charge is 2.05. The number of carbonyl (C=O) groups is 1. The number of rotatable bonds is 5. The van der Waals surface area contributed by atoms with Gasteiger partial charge in [-0.1, -0.05) is 0 Å². The molecule has 0 amide bonds. The number of benzene rings is 1. The first-order valence-corrected chi connectivity index (χ1v) is 7.05. The molecule has 1 aromatic carbocycles. The van der Waals surface area contributed by atoms with Crippen LogP contribution in [0.2, 0.25) is 0 Å². The van der Waals surface area contributed by atoms with Crippen LogP contribution in [0.15, 0.2) is 28.0 Å². The van der Waals surface area contributed by atoms with Gasteiger partial charge in [-0.3, -0.25) is 4.79 Å². The molecule has 0 radical (unpaired) electrons. The van der Waals surface area contributed by atoms with Crippen LogP contribution in [0.5, 0.6) is 0 Å². The van der Waals surface area contributed by atoms with E-state index in [1.54, 1.807) is 23.5 Å². The van der Waals surface area contributed by atoms with E-state index in [0.29, 0.717) is 6.42 Å². The largest absolute Gasteiger partial charge is 0.481 e. The lowest BCUT2D eigenvalue weighted by Crippen LogP contribution is -1.98. The maximum atomic E-state index is 10.5. The minimum absolute atomic E-state index is 0.200. The number of aryl methyl sites for hydroxylation is 1. The summed E-state index contributed by atoms with van der Waals surface area (Å²) in [5.74, 6) is -0.739. The third kappa shape index (κ3) is 3.80. The van der Waals surface area contributed by atoms with Crippen molar-refractivity contribution in [3.8, 4) is 0 Å². The van der Waals surface area contributed by atoms with Gasteiger partial charge in [-0.05, 0) is 42.7 Å². The van der Waals surface area contributed by atoms with Crippen molar-refractivity contribution in [2.24, 2.45) is 0 Å². The molecule has 4 heteroatoms. The smallest absolute Gasteiger partial charge is 0.303 e. The summed E-state index contributed by atoms with van der Waals surface area (Å²) in [4.78, 5) is 12.9. The molecule has 0 atom stereocenters. The van der Waals surface area contributed by atoms with E-state index in [0.717, 1.165) is 5.56 Å². The molecule has 0 bridgehead atoms. The number of hydrogen-bond acceptors (Lipinski definition) is 3. The van der Waals surface area contributed by atoms with Gasteiger partial charge in [0.05, 0.1) is 0 Å². The fourth-order valence-electron chi connectivity index (χ4n) is 1.32. The Hall–Kier alpha value is -0.610. The molecule has 82 valence electrons. The Kier molecular flexibility index (Phi) is 5.05. The van der Waals surface area contributed by atoms with E-state index < -0.39 is 5.97 Å². The fraction of sp³-hybridized carbons (Fsp3) is 0.364. The number of carboxylic acids is 1. The zero-order chi connectivity index (χ0) is 11.3. The van der Waals surface area contributed by atoms with Crippen LogP contribution >= 0.6 is 23.5 Å². The van der Waals surface area contributed by atoms with Crippen molar-refractivity contribution in [3.63, 3.8) is 0 Å². The molecule has 0 aromatic heterocycles. The Morgan fingerprint density at radius 2 is 2.07 bits per heavy atom. The van der Waals surface area contributed by atoms with Crippen LogP contribution in [-0.2, 0) is 11.2 Å². The summed E-state index contributed by atoms with van der Waals surface area (Å²) in [6.45, 7) is 0. The molecule has 0 aliphatic heterocycles. The molecule has 0 fully saturated rings. The van der Waals surface area contributed by atoms with Crippen LogP contribution in [-0.4, -0.2) is 23.6 Å². The van der Waals surface area contributed by atoms with E-state index in [4.69, 9.17) is 5.11 Å². The highest BCUT2D eigenvalue weighted by Crippen LogP contribution is 2.26. The third-order valence-corrected chi connectivity index (χ3v) is 3.66. The van der Waals surface area contributed by atoms with Crippen molar-refractivity contribution >= 4 is 29.5 Å². The summed E-state index contributed by atoms with van der Waals surface area (Å²) < 4.78 is 0. The Morgan fingerprint density at radius 1 is 1.33 bits per heavy atom. The van der Waals surface area contributed by atoms with Gasteiger partial charge in [0.2, 0.25) is 0 Å². The second-order valence-corrected chi connectivity index (χ2v) is 4.80. The lowest BCUT2D eigenvalue weighted by atomic mass is 10.1. The molecule has 1 N–H and O–H groups in total. The van der Waals surface area contributed by atoms with Crippen molar-refractivity contribution in [2.75, 3.05) is 12.5 Å². The molecule has 0 saturated carbocycles. The molecular weight excluding hydrogens is 228 g/mol. The molecule has 0 aliphatic rings. The van der Waals surface area contributed by atoms with Gasteiger partial charge >= 0.3 is 5.97 Å². The van der Waals surface area contributed by atoms with Gasteiger partial charge in [0.1, 0.15) is 0 Å². The minimum atomic E-state index is -0.739. The topological polar surface area (TPSA) is 37.3 Å².